The van der Waals surface area contributed by atoms with Gasteiger partial charge in [0.1, 0.15) is 0 Å². The molecule has 0 atom stereocenters. The molecule has 1 aromatic rings. The highest BCUT2D eigenvalue weighted by Crippen LogP contribution is 2.07. The second-order valence-corrected chi connectivity index (χ2v) is 6.11. The van der Waals surface area contributed by atoms with Crippen LogP contribution >= 0.6 is 24.0 Å². The lowest BCUT2D eigenvalue weighted by molar-refractivity contribution is 0.586. The van der Waals surface area contributed by atoms with Crippen LogP contribution in [0.1, 0.15) is 12.0 Å². The van der Waals surface area contributed by atoms with Crippen molar-refractivity contribution < 1.29 is 8.42 Å². The summed E-state index contributed by atoms with van der Waals surface area (Å²) in [7, 11) is -3.12. The van der Waals surface area contributed by atoms with Crippen molar-refractivity contribution in [2.45, 2.75) is 13.3 Å². The molecule has 0 heterocycles. The highest BCUT2D eigenvalue weighted by molar-refractivity contribution is 14.0. The third-order valence-corrected chi connectivity index (χ3v) is 3.03. The smallest absolute Gasteiger partial charge is 0.208 e. The highest BCUT2D eigenvalue weighted by Gasteiger charge is 1.98. The van der Waals surface area contributed by atoms with E-state index in [2.05, 4.69) is 15.0 Å². The number of halogens is 1. The van der Waals surface area contributed by atoms with Crippen molar-refractivity contribution >= 4 is 45.6 Å². The van der Waals surface area contributed by atoms with Gasteiger partial charge in [-0.1, -0.05) is 17.7 Å². The lowest BCUT2D eigenvalue weighted by Crippen LogP contribution is -2.25. The monoisotopic (exact) mass is 412 g/mol. The van der Waals surface area contributed by atoms with Gasteiger partial charge in [-0.05, 0) is 25.5 Å². The van der Waals surface area contributed by atoms with Crippen LogP contribution in [0.3, 0.4) is 0 Å². The molecule has 0 aliphatic rings. The predicted octanol–water partition coefficient (Wildman–Crippen LogP) is 1.28. The molecule has 0 aliphatic carbocycles. The molecular formula is C12H21IN4O2S. The molecular weight excluding hydrogens is 391 g/mol. The minimum Gasteiger partial charge on any atom is -0.370 e. The van der Waals surface area contributed by atoms with Gasteiger partial charge in [-0.2, -0.15) is 0 Å². The molecule has 20 heavy (non-hydrogen) atoms. The Balaban J connectivity index is 0.00000361. The molecule has 4 N–H and O–H groups in total. The van der Waals surface area contributed by atoms with Gasteiger partial charge in [0.2, 0.25) is 10.0 Å². The molecule has 0 fully saturated rings. The summed E-state index contributed by atoms with van der Waals surface area (Å²) in [6, 6.07) is 7.79. The molecule has 0 saturated carbocycles. The van der Waals surface area contributed by atoms with Gasteiger partial charge in [0.05, 0.1) is 6.26 Å². The number of benzene rings is 1. The van der Waals surface area contributed by atoms with Crippen LogP contribution in [0, 0.1) is 6.92 Å². The number of guanidine groups is 1. The Bertz CT molecular complexity index is 529. The molecule has 0 radical (unpaired) electrons. The lowest BCUT2D eigenvalue weighted by Gasteiger charge is -2.06. The quantitative estimate of drug-likeness (QED) is 0.284. The summed E-state index contributed by atoms with van der Waals surface area (Å²) in [5.41, 5.74) is 7.76. The average Bonchev–Trinajstić information content (AvgIpc) is 2.30. The fourth-order valence-corrected chi connectivity index (χ4v) is 1.88. The standard InChI is InChI=1S/C12H20N4O2S.HI/c1-10-4-6-11(7-5-10)16-12(13)14-8-3-9-15-19(2,17)18;/h4-7,15H,3,8-9H2,1-2H3,(H3,13,14,16);1H. The zero-order valence-corrected chi connectivity index (χ0v) is 14.7. The van der Waals surface area contributed by atoms with E-state index in [1.165, 1.54) is 5.56 Å². The van der Waals surface area contributed by atoms with E-state index >= 15 is 0 Å². The average molecular weight is 412 g/mol. The van der Waals surface area contributed by atoms with Gasteiger partial charge in [-0.3, -0.25) is 4.99 Å². The Labute approximate surface area is 137 Å². The number of hydrogen-bond acceptors (Lipinski definition) is 3. The van der Waals surface area contributed by atoms with Gasteiger partial charge in [-0.25, -0.2) is 13.1 Å². The molecule has 0 aliphatic heterocycles. The van der Waals surface area contributed by atoms with Crippen molar-refractivity contribution in [3.05, 3.63) is 29.8 Å². The summed E-state index contributed by atoms with van der Waals surface area (Å²) in [5, 5.41) is 2.97. The summed E-state index contributed by atoms with van der Waals surface area (Å²) in [5.74, 6) is 0.322. The summed E-state index contributed by atoms with van der Waals surface area (Å²) in [6.07, 6.45) is 1.73. The number of aliphatic imine (C=N–C) groups is 1. The van der Waals surface area contributed by atoms with Crippen molar-refractivity contribution in [1.82, 2.24) is 4.72 Å². The fourth-order valence-electron chi connectivity index (χ4n) is 1.36. The van der Waals surface area contributed by atoms with Crippen molar-refractivity contribution in [3.8, 4) is 0 Å². The van der Waals surface area contributed by atoms with Crippen LogP contribution in [0.5, 0.6) is 0 Å². The number of nitrogens with two attached hydrogens (primary N) is 1. The van der Waals surface area contributed by atoms with Crippen LogP contribution in [0.4, 0.5) is 5.69 Å². The van der Waals surface area contributed by atoms with Crippen molar-refractivity contribution in [3.63, 3.8) is 0 Å². The maximum absolute atomic E-state index is 10.8. The molecule has 0 bridgehead atoms. The number of rotatable bonds is 6. The van der Waals surface area contributed by atoms with Crippen molar-refractivity contribution in [2.75, 3.05) is 24.7 Å². The number of nitrogens with one attached hydrogen (secondary N) is 2. The van der Waals surface area contributed by atoms with E-state index in [4.69, 9.17) is 5.73 Å². The van der Waals surface area contributed by atoms with E-state index in [1.807, 2.05) is 31.2 Å². The minimum atomic E-state index is -3.12. The molecule has 1 aromatic carbocycles. The van der Waals surface area contributed by atoms with Gasteiger partial charge in [-0.15, -0.1) is 24.0 Å². The zero-order chi connectivity index (χ0) is 14.3. The minimum absolute atomic E-state index is 0. The third-order valence-electron chi connectivity index (χ3n) is 2.31. The molecule has 6 nitrogen and oxygen atoms in total. The fraction of sp³-hybridized carbons (Fsp3) is 0.417. The topological polar surface area (TPSA) is 96.6 Å². The van der Waals surface area contributed by atoms with E-state index in [1.54, 1.807) is 0 Å². The molecule has 0 unspecified atom stereocenters. The van der Waals surface area contributed by atoms with Gasteiger partial charge >= 0.3 is 0 Å². The van der Waals surface area contributed by atoms with Crippen molar-refractivity contribution in [2.24, 2.45) is 10.7 Å². The first-order valence-electron chi connectivity index (χ1n) is 5.95. The zero-order valence-electron chi connectivity index (χ0n) is 11.6. The largest absolute Gasteiger partial charge is 0.370 e. The Morgan fingerprint density at radius 3 is 2.45 bits per heavy atom. The molecule has 114 valence electrons. The Morgan fingerprint density at radius 2 is 1.90 bits per heavy atom. The number of hydrogen-bond donors (Lipinski definition) is 3. The van der Waals surface area contributed by atoms with Crippen LogP contribution in [0.15, 0.2) is 29.3 Å². The van der Waals surface area contributed by atoms with Gasteiger partial charge in [0.25, 0.3) is 0 Å². The number of aryl methyl sites for hydroxylation is 1. The Morgan fingerprint density at radius 1 is 1.30 bits per heavy atom. The number of anilines is 1. The SMILES string of the molecule is Cc1ccc(NC(N)=NCCCNS(C)(=O)=O)cc1.I. The second-order valence-electron chi connectivity index (χ2n) is 4.28. The number of sulfonamides is 1. The summed E-state index contributed by atoms with van der Waals surface area (Å²) in [6.45, 7) is 2.84. The van der Waals surface area contributed by atoms with Crippen LogP contribution < -0.4 is 15.8 Å². The first kappa shape index (κ1) is 19.1. The van der Waals surface area contributed by atoms with Crippen molar-refractivity contribution in [1.29, 1.82) is 0 Å². The highest BCUT2D eigenvalue weighted by atomic mass is 127. The molecule has 0 amide bonds. The van der Waals surface area contributed by atoms with E-state index in [0.717, 1.165) is 11.9 Å². The first-order valence-corrected chi connectivity index (χ1v) is 7.84. The maximum atomic E-state index is 10.8. The van der Waals surface area contributed by atoms with E-state index in [9.17, 15) is 8.42 Å². The number of nitrogens with zero attached hydrogens (tertiary/aromatic N) is 1. The predicted molar refractivity (Wildman–Crippen MR) is 94.2 cm³/mol. The summed E-state index contributed by atoms with van der Waals surface area (Å²) >= 11 is 0. The lowest BCUT2D eigenvalue weighted by atomic mass is 10.2. The second kappa shape index (κ2) is 9.14. The van der Waals surface area contributed by atoms with E-state index < -0.39 is 10.0 Å². The summed E-state index contributed by atoms with van der Waals surface area (Å²) < 4.78 is 24.0. The molecule has 0 saturated heterocycles. The van der Waals surface area contributed by atoms with Gasteiger partial charge < -0.3 is 11.1 Å². The Kier molecular flexibility index (Phi) is 8.74. The molecule has 8 heteroatoms. The normalized spacial score (nSPS) is 11.8. The van der Waals surface area contributed by atoms with Gasteiger partial charge in [0.15, 0.2) is 5.96 Å². The van der Waals surface area contributed by atoms with Crippen LogP contribution in [0.25, 0.3) is 0 Å². The third kappa shape index (κ3) is 9.10. The maximum Gasteiger partial charge on any atom is 0.208 e. The molecule has 1 rings (SSSR count). The molecule has 0 aromatic heterocycles. The van der Waals surface area contributed by atoms with E-state index in [0.29, 0.717) is 25.5 Å². The van der Waals surface area contributed by atoms with E-state index in [-0.39, 0.29) is 24.0 Å². The Hall–Kier alpha value is -0.870. The van der Waals surface area contributed by atoms with Gasteiger partial charge in [0, 0.05) is 18.8 Å². The van der Waals surface area contributed by atoms with Crippen LogP contribution in [0.2, 0.25) is 0 Å². The molecule has 0 spiro atoms. The summed E-state index contributed by atoms with van der Waals surface area (Å²) in [4.78, 5) is 4.11. The first-order chi connectivity index (χ1) is 8.87. The van der Waals surface area contributed by atoms with Crippen LogP contribution in [-0.4, -0.2) is 33.7 Å². The van der Waals surface area contributed by atoms with Crippen LogP contribution in [-0.2, 0) is 10.0 Å².